The lowest BCUT2D eigenvalue weighted by Gasteiger charge is -2.13. The van der Waals surface area contributed by atoms with Crippen molar-refractivity contribution in [3.05, 3.63) is 41.6 Å². The number of aryl methyl sites for hydroxylation is 1. The molecular weight excluding hydrogens is 232 g/mol. The molecule has 94 valence electrons. The Bertz CT molecular complexity index is 549. The minimum absolute atomic E-state index is 0.282. The number of rotatable bonds is 3. The zero-order valence-electron chi connectivity index (χ0n) is 10.5. The Kier molecular flexibility index (Phi) is 3.43. The predicted octanol–water partition coefficient (Wildman–Crippen LogP) is 2.28. The molecule has 18 heavy (non-hydrogen) atoms. The smallest absolute Gasteiger partial charge is 0.283 e. The molecule has 0 saturated heterocycles. The van der Waals surface area contributed by atoms with Gasteiger partial charge < -0.3 is 4.52 Å². The van der Waals surface area contributed by atoms with Gasteiger partial charge in [-0.2, -0.15) is 0 Å². The Hall–Kier alpha value is -2.14. The fourth-order valence-corrected chi connectivity index (χ4v) is 1.65. The van der Waals surface area contributed by atoms with Gasteiger partial charge in [0.25, 0.3) is 5.91 Å². The molecule has 0 aliphatic heterocycles. The van der Waals surface area contributed by atoms with Gasteiger partial charge in [0.2, 0.25) is 0 Å². The topological polar surface area (TPSA) is 55.6 Å². The largest absolute Gasteiger partial charge is 0.355 e. The van der Waals surface area contributed by atoms with Crippen molar-refractivity contribution in [2.45, 2.75) is 6.92 Å². The van der Waals surface area contributed by atoms with E-state index in [-0.39, 0.29) is 5.91 Å². The van der Waals surface area contributed by atoms with E-state index < -0.39 is 0 Å². The molecule has 2 rings (SSSR count). The number of benzene rings is 1. The van der Waals surface area contributed by atoms with Gasteiger partial charge in [0, 0.05) is 12.6 Å². The summed E-state index contributed by atoms with van der Waals surface area (Å²) < 4.78 is 5.24. The standard InChI is InChI=1S/C13H14N2O3/c1-9-11(13(16)15(2)17-3)12(18-14-9)10-7-5-4-6-8-10/h4-8H,1-3H3. The van der Waals surface area contributed by atoms with Gasteiger partial charge in [-0.15, -0.1) is 0 Å². The van der Waals surface area contributed by atoms with Gasteiger partial charge in [-0.1, -0.05) is 35.5 Å². The maximum absolute atomic E-state index is 12.2. The van der Waals surface area contributed by atoms with E-state index in [1.165, 1.54) is 7.11 Å². The summed E-state index contributed by atoms with van der Waals surface area (Å²) in [5.74, 6) is 0.178. The first-order chi connectivity index (χ1) is 8.65. The molecule has 0 bridgehead atoms. The van der Waals surface area contributed by atoms with Crippen LogP contribution in [-0.4, -0.2) is 30.3 Å². The monoisotopic (exact) mass is 246 g/mol. The molecule has 1 amide bonds. The van der Waals surface area contributed by atoms with Crippen LogP contribution in [0.1, 0.15) is 16.1 Å². The van der Waals surface area contributed by atoms with Gasteiger partial charge >= 0.3 is 0 Å². The number of hydrogen-bond donors (Lipinski definition) is 0. The molecule has 1 aromatic carbocycles. The molecule has 0 radical (unpaired) electrons. The fourth-order valence-electron chi connectivity index (χ4n) is 1.65. The Morgan fingerprint density at radius 2 is 2.00 bits per heavy atom. The van der Waals surface area contributed by atoms with Gasteiger partial charge in [0.05, 0.1) is 12.8 Å². The van der Waals surface area contributed by atoms with E-state index in [0.29, 0.717) is 17.0 Å². The number of carbonyl (C=O) groups excluding carboxylic acids is 1. The SMILES string of the molecule is CON(C)C(=O)c1c(C)noc1-c1ccccc1. The van der Waals surface area contributed by atoms with Crippen molar-refractivity contribution in [3.8, 4) is 11.3 Å². The second kappa shape index (κ2) is 5.01. The molecule has 0 fully saturated rings. The zero-order chi connectivity index (χ0) is 13.1. The number of hydroxylamine groups is 2. The van der Waals surface area contributed by atoms with Crippen LogP contribution in [0.4, 0.5) is 0 Å². The van der Waals surface area contributed by atoms with E-state index in [4.69, 9.17) is 9.36 Å². The minimum Gasteiger partial charge on any atom is -0.355 e. The fraction of sp³-hybridized carbons (Fsp3) is 0.231. The molecule has 5 heteroatoms. The van der Waals surface area contributed by atoms with E-state index in [9.17, 15) is 4.79 Å². The average molecular weight is 246 g/mol. The van der Waals surface area contributed by atoms with Crippen molar-refractivity contribution >= 4 is 5.91 Å². The second-order valence-corrected chi connectivity index (χ2v) is 3.82. The summed E-state index contributed by atoms with van der Waals surface area (Å²) in [6, 6.07) is 9.38. The number of carbonyl (C=O) groups is 1. The van der Waals surface area contributed by atoms with Crippen LogP contribution >= 0.6 is 0 Å². The molecule has 1 heterocycles. The van der Waals surface area contributed by atoms with E-state index in [0.717, 1.165) is 10.6 Å². The Morgan fingerprint density at radius 1 is 1.33 bits per heavy atom. The molecule has 0 atom stereocenters. The van der Waals surface area contributed by atoms with Crippen molar-refractivity contribution < 1.29 is 14.2 Å². The van der Waals surface area contributed by atoms with Crippen LogP contribution in [0.25, 0.3) is 11.3 Å². The van der Waals surface area contributed by atoms with E-state index in [1.807, 2.05) is 30.3 Å². The Labute approximate surface area is 105 Å². The lowest BCUT2D eigenvalue weighted by atomic mass is 10.1. The normalized spacial score (nSPS) is 10.4. The predicted molar refractivity (Wildman–Crippen MR) is 65.8 cm³/mol. The van der Waals surface area contributed by atoms with Gasteiger partial charge in [0.15, 0.2) is 5.76 Å². The van der Waals surface area contributed by atoms with Gasteiger partial charge in [0.1, 0.15) is 5.56 Å². The van der Waals surface area contributed by atoms with E-state index >= 15 is 0 Å². The van der Waals surface area contributed by atoms with Crippen LogP contribution in [0.15, 0.2) is 34.9 Å². The molecule has 0 aliphatic carbocycles. The Morgan fingerprint density at radius 3 is 2.61 bits per heavy atom. The van der Waals surface area contributed by atoms with Crippen molar-refractivity contribution in [3.63, 3.8) is 0 Å². The molecule has 0 spiro atoms. The summed E-state index contributed by atoms with van der Waals surface area (Å²) in [6.07, 6.45) is 0. The van der Waals surface area contributed by atoms with Gasteiger partial charge in [-0.05, 0) is 6.92 Å². The maximum Gasteiger partial charge on any atom is 0.283 e. The first kappa shape index (κ1) is 12.3. The highest BCUT2D eigenvalue weighted by Gasteiger charge is 2.24. The van der Waals surface area contributed by atoms with Gasteiger partial charge in [-0.25, -0.2) is 5.06 Å². The highest BCUT2D eigenvalue weighted by atomic mass is 16.7. The number of nitrogens with zero attached hydrogens (tertiary/aromatic N) is 2. The number of hydrogen-bond acceptors (Lipinski definition) is 4. The maximum atomic E-state index is 12.2. The van der Waals surface area contributed by atoms with Crippen molar-refractivity contribution in [2.75, 3.05) is 14.2 Å². The summed E-state index contributed by atoms with van der Waals surface area (Å²) >= 11 is 0. The summed E-state index contributed by atoms with van der Waals surface area (Å²) in [7, 11) is 2.98. The van der Waals surface area contributed by atoms with Crippen molar-refractivity contribution in [1.82, 2.24) is 10.2 Å². The molecule has 0 N–H and O–H groups in total. The van der Waals surface area contributed by atoms with Gasteiger partial charge in [-0.3, -0.25) is 9.63 Å². The number of aromatic nitrogens is 1. The molecule has 0 saturated carbocycles. The summed E-state index contributed by atoms with van der Waals surface area (Å²) in [5.41, 5.74) is 1.78. The van der Waals surface area contributed by atoms with Crippen molar-refractivity contribution in [2.24, 2.45) is 0 Å². The van der Waals surface area contributed by atoms with Crippen LogP contribution in [0.2, 0.25) is 0 Å². The van der Waals surface area contributed by atoms with E-state index in [1.54, 1.807) is 14.0 Å². The third kappa shape index (κ3) is 2.12. The number of amides is 1. The molecule has 1 aromatic heterocycles. The second-order valence-electron chi connectivity index (χ2n) is 3.82. The Balaban J connectivity index is 2.49. The third-order valence-electron chi connectivity index (χ3n) is 2.67. The van der Waals surface area contributed by atoms with Crippen LogP contribution in [0.5, 0.6) is 0 Å². The first-order valence-electron chi connectivity index (χ1n) is 5.49. The molecule has 2 aromatic rings. The highest BCUT2D eigenvalue weighted by molar-refractivity contribution is 5.99. The lowest BCUT2D eigenvalue weighted by Crippen LogP contribution is -2.26. The van der Waals surface area contributed by atoms with Crippen LogP contribution in [0, 0.1) is 6.92 Å². The molecular formula is C13H14N2O3. The summed E-state index contributed by atoms with van der Waals surface area (Å²) in [6.45, 7) is 1.73. The van der Waals surface area contributed by atoms with Crippen LogP contribution in [-0.2, 0) is 4.84 Å². The zero-order valence-corrected chi connectivity index (χ0v) is 10.5. The lowest BCUT2D eigenvalue weighted by molar-refractivity contribution is -0.0757. The average Bonchev–Trinajstić information content (AvgIpc) is 2.80. The quantitative estimate of drug-likeness (QED) is 0.780. The van der Waals surface area contributed by atoms with Crippen molar-refractivity contribution in [1.29, 1.82) is 0 Å². The molecule has 0 aliphatic rings. The highest BCUT2D eigenvalue weighted by Crippen LogP contribution is 2.26. The minimum atomic E-state index is -0.282. The third-order valence-corrected chi connectivity index (χ3v) is 2.67. The first-order valence-corrected chi connectivity index (χ1v) is 5.49. The summed E-state index contributed by atoms with van der Waals surface area (Å²) in [4.78, 5) is 17.0. The van der Waals surface area contributed by atoms with Crippen LogP contribution in [0.3, 0.4) is 0 Å². The van der Waals surface area contributed by atoms with E-state index in [2.05, 4.69) is 5.16 Å². The summed E-state index contributed by atoms with van der Waals surface area (Å²) in [5, 5.41) is 5.00. The van der Waals surface area contributed by atoms with Crippen LogP contribution < -0.4 is 0 Å². The molecule has 5 nitrogen and oxygen atoms in total. The molecule has 0 unspecified atom stereocenters.